The van der Waals surface area contributed by atoms with Crippen molar-refractivity contribution >= 4 is 19.9 Å². The molecule has 2 rings (SSSR count). The van der Waals surface area contributed by atoms with Crippen LogP contribution < -0.4 is 11.2 Å². The van der Waals surface area contributed by atoms with Gasteiger partial charge in [0.2, 0.25) is 5.60 Å². The Morgan fingerprint density at radius 2 is 1.73 bits per heavy atom. The number of carbonyl (C=O) groups excluding carboxylic acids is 2. The number of aromatic amines is 1. The maximum atomic E-state index is 12.5. The topological polar surface area (TPSA) is 148 Å². The van der Waals surface area contributed by atoms with E-state index in [1.165, 1.54) is 0 Å². The Kier molecular flexibility index (Phi) is 6.20. The van der Waals surface area contributed by atoms with Crippen molar-refractivity contribution in [3.8, 4) is 0 Å². The summed E-state index contributed by atoms with van der Waals surface area (Å²) in [5.41, 5.74) is -7.10. The summed E-state index contributed by atoms with van der Waals surface area (Å²) in [7, 11) is -2.35. The molecule has 0 spiro atoms. The first-order chi connectivity index (χ1) is 13.5. The summed E-state index contributed by atoms with van der Waals surface area (Å²) in [6.45, 7) is 11.6. The molecule has 0 amide bonds. The highest BCUT2D eigenvalue weighted by atomic mass is 28.4. The highest BCUT2D eigenvalue weighted by molar-refractivity contribution is 6.74. The molecule has 1 aliphatic rings. The van der Waals surface area contributed by atoms with E-state index in [9.17, 15) is 29.4 Å². The minimum Gasteiger partial charge on any atom is -0.414 e. The first kappa shape index (κ1) is 24.3. The molecule has 1 fully saturated rings. The van der Waals surface area contributed by atoms with Gasteiger partial charge in [-0.1, -0.05) is 20.8 Å². The van der Waals surface area contributed by atoms with E-state index in [-0.39, 0.29) is 11.6 Å². The zero-order chi connectivity index (χ0) is 23.3. The Morgan fingerprint density at radius 3 is 2.17 bits per heavy atom. The van der Waals surface area contributed by atoms with Crippen LogP contribution in [0.15, 0.2) is 21.9 Å². The highest BCUT2D eigenvalue weighted by Crippen LogP contribution is 2.47. The maximum Gasteiger partial charge on any atom is 0.330 e. The second-order valence-electron chi connectivity index (χ2n) is 9.21. The number of H-pyrrole nitrogens is 1. The Morgan fingerprint density at radius 1 is 1.20 bits per heavy atom. The lowest BCUT2D eigenvalue weighted by atomic mass is 9.75. The van der Waals surface area contributed by atoms with Crippen molar-refractivity contribution in [1.82, 2.24) is 9.55 Å². The summed E-state index contributed by atoms with van der Waals surface area (Å²) in [6.07, 6.45) is -2.15. The van der Waals surface area contributed by atoms with Crippen LogP contribution in [0.5, 0.6) is 0 Å². The fourth-order valence-corrected chi connectivity index (χ4v) is 4.26. The molecule has 0 aliphatic carbocycles. The molecule has 10 nitrogen and oxygen atoms in total. The van der Waals surface area contributed by atoms with Gasteiger partial charge in [-0.15, -0.1) is 0 Å². The third kappa shape index (κ3) is 3.64. The van der Waals surface area contributed by atoms with Gasteiger partial charge in [-0.05, 0) is 32.0 Å². The smallest absolute Gasteiger partial charge is 0.330 e. The van der Waals surface area contributed by atoms with Crippen LogP contribution in [0.4, 0.5) is 0 Å². The summed E-state index contributed by atoms with van der Waals surface area (Å²) < 4.78 is 12.6. The molecule has 30 heavy (non-hydrogen) atoms. The van der Waals surface area contributed by atoms with Crippen LogP contribution in [-0.4, -0.2) is 63.6 Å². The van der Waals surface area contributed by atoms with Crippen molar-refractivity contribution in [3.05, 3.63) is 33.1 Å². The predicted octanol–water partition coefficient (Wildman–Crippen LogP) is 0.0960. The number of rotatable bonds is 6. The molecule has 0 aromatic carbocycles. The van der Waals surface area contributed by atoms with E-state index in [0.717, 1.165) is 30.7 Å². The molecule has 0 bridgehead atoms. The highest BCUT2D eigenvalue weighted by Gasteiger charge is 2.72. The van der Waals surface area contributed by atoms with Crippen LogP contribution in [0.25, 0.3) is 0 Å². The largest absolute Gasteiger partial charge is 0.414 e. The van der Waals surface area contributed by atoms with Crippen LogP contribution >= 0.6 is 0 Å². The molecular formula is C19H30N2O8Si. The molecule has 11 heteroatoms. The monoisotopic (exact) mass is 442 g/mol. The van der Waals surface area contributed by atoms with Crippen molar-refractivity contribution in [2.75, 3.05) is 6.61 Å². The number of nitrogens with zero attached hydrogens (tertiary/aromatic N) is 1. The van der Waals surface area contributed by atoms with Gasteiger partial charge in [0.25, 0.3) is 5.56 Å². The molecule has 3 N–H and O–H groups in total. The van der Waals surface area contributed by atoms with Gasteiger partial charge in [-0.25, -0.2) is 4.79 Å². The molecule has 1 aromatic heterocycles. The fourth-order valence-electron chi connectivity index (χ4n) is 3.26. The molecule has 1 aromatic rings. The molecular weight excluding hydrogens is 412 g/mol. The molecule has 1 saturated heterocycles. The van der Waals surface area contributed by atoms with Crippen molar-refractivity contribution < 1.29 is 29.0 Å². The molecule has 2 heterocycles. The number of ketones is 2. The van der Waals surface area contributed by atoms with Crippen LogP contribution in [0.2, 0.25) is 18.1 Å². The summed E-state index contributed by atoms with van der Waals surface area (Å²) in [6, 6.07) is 0.998. The number of hydrogen-bond acceptors (Lipinski definition) is 8. The number of hydrogen-bond donors (Lipinski definition) is 3. The Bertz CT molecular complexity index is 962. The van der Waals surface area contributed by atoms with Gasteiger partial charge in [-0.2, -0.15) is 0 Å². The predicted molar refractivity (Wildman–Crippen MR) is 110 cm³/mol. The summed E-state index contributed by atoms with van der Waals surface area (Å²) in [4.78, 5) is 50.7. The molecule has 0 unspecified atom stereocenters. The van der Waals surface area contributed by atoms with Gasteiger partial charge in [0.05, 0.1) is 6.61 Å². The van der Waals surface area contributed by atoms with Crippen molar-refractivity contribution in [2.24, 2.45) is 0 Å². The number of carbonyl (C=O) groups is 2. The van der Waals surface area contributed by atoms with Crippen LogP contribution in [0.3, 0.4) is 0 Å². The average Bonchev–Trinajstić information content (AvgIpc) is 2.83. The number of ether oxygens (including phenoxy) is 1. The van der Waals surface area contributed by atoms with Gasteiger partial charge in [0, 0.05) is 12.3 Å². The van der Waals surface area contributed by atoms with Crippen LogP contribution in [0.1, 0.15) is 40.8 Å². The summed E-state index contributed by atoms with van der Waals surface area (Å²) in [5, 5.41) is 22.4. The number of nitrogens with one attached hydrogen (secondary N) is 1. The minimum atomic E-state index is -2.78. The average molecular weight is 443 g/mol. The SMILES string of the molecule is CC(=O)[C@@]1(O)[C@@H](CO[Si](C)(C)C(C)(C)C)O[C@@H](n2ccc(=O)[nH]c2=O)[C@@]1(O)C(C)=O. The lowest BCUT2D eigenvalue weighted by molar-refractivity contribution is -0.181. The summed E-state index contributed by atoms with van der Waals surface area (Å²) in [5.74, 6) is -1.89. The van der Waals surface area contributed by atoms with E-state index >= 15 is 0 Å². The van der Waals surface area contributed by atoms with Gasteiger partial charge in [-0.3, -0.25) is 23.9 Å². The maximum absolute atomic E-state index is 12.5. The third-order valence-corrected chi connectivity index (χ3v) is 10.8. The zero-order valence-electron chi connectivity index (χ0n) is 18.3. The quantitative estimate of drug-likeness (QED) is 0.525. The lowest BCUT2D eigenvalue weighted by Crippen LogP contribution is -2.67. The van der Waals surface area contributed by atoms with Gasteiger partial charge in [0.1, 0.15) is 6.10 Å². The van der Waals surface area contributed by atoms with E-state index in [1.807, 2.05) is 38.8 Å². The Hall–Kier alpha value is -1.92. The third-order valence-electron chi connectivity index (χ3n) is 6.28. The molecule has 0 saturated carbocycles. The van der Waals surface area contributed by atoms with Gasteiger partial charge < -0.3 is 19.4 Å². The van der Waals surface area contributed by atoms with E-state index in [1.54, 1.807) is 0 Å². The van der Waals surface area contributed by atoms with E-state index in [2.05, 4.69) is 0 Å². The van der Waals surface area contributed by atoms with Crippen LogP contribution in [-0.2, 0) is 18.8 Å². The minimum absolute atomic E-state index is 0.188. The van der Waals surface area contributed by atoms with Crippen LogP contribution in [0, 0.1) is 0 Å². The van der Waals surface area contributed by atoms with Crippen molar-refractivity contribution in [2.45, 2.75) is 76.3 Å². The van der Waals surface area contributed by atoms with Crippen molar-refractivity contribution in [1.29, 1.82) is 0 Å². The van der Waals surface area contributed by atoms with E-state index in [4.69, 9.17) is 9.16 Å². The molecule has 0 radical (unpaired) electrons. The normalized spacial score (nSPS) is 29.8. The number of Topliss-reactive ketones (excluding diaryl/α,β-unsaturated/α-hetero) is 2. The van der Waals surface area contributed by atoms with E-state index < -0.39 is 54.7 Å². The van der Waals surface area contributed by atoms with Gasteiger partial charge >= 0.3 is 5.69 Å². The first-order valence-corrected chi connectivity index (χ1v) is 12.5. The summed E-state index contributed by atoms with van der Waals surface area (Å²) >= 11 is 0. The molecule has 168 valence electrons. The van der Waals surface area contributed by atoms with E-state index in [0.29, 0.717) is 0 Å². The standard InChI is InChI=1S/C19H30N2O8Si/c1-11(22)18(26)13(10-28-30(6,7)17(3,4)5)29-15(19(18,27)12(2)23)21-9-8-14(24)20-16(21)25/h8-9,13,15,26-27H,10H2,1-7H3,(H,20,24,25)/t13-,15-,18-,19+/m1/s1. The Labute approximate surface area is 175 Å². The molecule has 4 atom stereocenters. The van der Waals surface area contributed by atoms with Gasteiger partial charge in [0.15, 0.2) is 31.7 Å². The Balaban J connectivity index is 2.59. The molecule has 1 aliphatic heterocycles. The fraction of sp³-hybridized carbons (Fsp3) is 0.684. The van der Waals surface area contributed by atoms with Crippen molar-refractivity contribution in [3.63, 3.8) is 0 Å². The lowest BCUT2D eigenvalue weighted by Gasteiger charge is -2.39. The second-order valence-corrected chi connectivity index (χ2v) is 14.0. The first-order valence-electron chi connectivity index (χ1n) is 9.58. The zero-order valence-corrected chi connectivity index (χ0v) is 19.3. The number of aliphatic hydroxyl groups is 2. The number of aromatic nitrogens is 2. The second kappa shape index (κ2) is 7.64.